The molecule has 0 aliphatic carbocycles. The van der Waals surface area contributed by atoms with Crippen LogP contribution in [0.2, 0.25) is 0 Å². The van der Waals surface area contributed by atoms with Crippen molar-refractivity contribution in [1.29, 1.82) is 0 Å². The second-order valence-electron chi connectivity index (χ2n) is 7.45. The lowest BCUT2D eigenvalue weighted by atomic mass is 9.85. The zero-order valence-electron chi connectivity index (χ0n) is 16.9. The Morgan fingerprint density at radius 3 is 2.47 bits per heavy atom. The maximum atomic E-state index is 13.1. The Balaban J connectivity index is 2.00. The van der Waals surface area contributed by atoms with Crippen molar-refractivity contribution in [2.75, 3.05) is 7.11 Å². The summed E-state index contributed by atoms with van der Waals surface area (Å²) in [6.07, 6.45) is -4.07. The summed E-state index contributed by atoms with van der Waals surface area (Å²) in [6, 6.07) is 7.84. The van der Waals surface area contributed by atoms with Crippen LogP contribution in [0.3, 0.4) is 0 Å². The second-order valence-corrected chi connectivity index (χ2v) is 7.45. The number of aliphatic hydroxyl groups excluding tert-OH is 3. The summed E-state index contributed by atoms with van der Waals surface area (Å²) >= 11 is 0. The number of methoxy groups -OCH3 is 1. The lowest BCUT2D eigenvalue weighted by Crippen LogP contribution is -2.60. The summed E-state index contributed by atoms with van der Waals surface area (Å²) in [5, 5.41) is 33.9. The Bertz CT molecular complexity index is 898. The first-order valence-electron chi connectivity index (χ1n) is 9.63. The van der Waals surface area contributed by atoms with Gasteiger partial charge >= 0.3 is 0 Å². The van der Waals surface area contributed by atoms with Gasteiger partial charge in [0, 0.05) is 18.2 Å². The number of benzene rings is 1. The number of hydrogen-bond acceptors (Lipinski definition) is 8. The van der Waals surface area contributed by atoms with E-state index in [1.165, 1.54) is 19.1 Å². The molecule has 0 bridgehead atoms. The van der Waals surface area contributed by atoms with Gasteiger partial charge in [-0.3, -0.25) is 14.4 Å². The van der Waals surface area contributed by atoms with Crippen molar-refractivity contribution in [1.82, 2.24) is 5.32 Å². The van der Waals surface area contributed by atoms with E-state index in [1.807, 2.05) is 0 Å². The zero-order valence-corrected chi connectivity index (χ0v) is 16.9. The van der Waals surface area contributed by atoms with Crippen LogP contribution >= 0.6 is 0 Å². The number of rotatable bonds is 7. The molecular weight excluding hydrogens is 394 g/mol. The van der Waals surface area contributed by atoms with E-state index >= 15 is 0 Å². The molecule has 1 amide bonds. The van der Waals surface area contributed by atoms with Crippen LogP contribution in [0.25, 0.3) is 0 Å². The standard InChI is InChI=1S/C21H25NO8/c1-4-8-13(23)14(24)15-11(2)16(25)20(30-15)18(27)21(29-3,22-19(20)28)17(26)12-9-6-5-7-10-12/h5-7,9-10,13-14,18,23-24,27H,4,8H2,1-3H3,(H,22,28)/t13-,14-,18+,20+,21+/m0/s1. The van der Waals surface area contributed by atoms with E-state index in [4.69, 9.17) is 9.47 Å². The minimum Gasteiger partial charge on any atom is -0.467 e. The van der Waals surface area contributed by atoms with Gasteiger partial charge in [-0.05, 0) is 13.3 Å². The van der Waals surface area contributed by atoms with Gasteiger partial charge in [-0.1, -0.05) is 43.7 Å². The van der Waals surface area contributed by atoms with Gasteiger partial charge in [0.15, 0.2) is 6.10 Å². The molecule has 3 rings (SSSR count). The third kappa shape index (κ3) is 2.97. The van der Waals surface area contributed by atoms with Crippen LogP contribution in [-0.4, -0.2) is 69.5 Å². The fourth-order valence-electron chi connectivity index (χ4n) is 3.91. The minimum atomic E-state index is -2.51. The van der Waals surface area contributed by atoms with Gasteiger partial charge in [0.1, 0.15) is 11.9 Å². The van der Waals surface area contributed by atoms with Gasteiger partial charge in [-0.15, -0.1) is 0 Å². The van der Waals surface area contributed by atoms with Crippen LogP contribution < -0.4 is 5.32 Å². The van der Waals surface area contributed by atoms with Crippen molar-refractivity contribution in [2.24, 2.45) is 0 Å². The first-order chi connectivity index (χ1) is 14.2. The summed E-state index contributed by atoms with van der Waals surface area (Å²) in [7, 11) is 1.11. The summed E-state index contributed by atoms with van der Waals surface area (Å²) in [6.45, 7) is 3.12. The number of aliphatic hydroxyl groups is 3. The Morgan fingerprint density at radius 2 is 1.90 bits per heavy atom. The summed E-state index contributed by atoms with van der Waals surface area (Å²) < 4.78 is 10.8. The molecule has 2 aliphatic heterocycles. The highest BCUT2D eigenvalue weighted by atomic mass is 16.6. The van der Waals surface area contributed by atoms with Crippen LogP contribution in [0.1, 0.15) is 37.0 Å². The molecule has 0 unspecified atom stereocenters. The SMILES string of the molecule is CCC[C@H](O)[C@H](O)C1=C(C)C(=O)[C@]2(O1)C(=O)N[C@@](OC)(C(=O)c1ccccc1)[C@@H]2O. The zero-order chi connectivity index (χ0) is 22.3. The van der Waals surface area contributed by atoms with Crippen molar-refractivity contribution in [3.63, 3.8) is 0 Å². The molecule has 4 N–H and O–H groups in total. The molecule has 0 saturated carbocycles. The van der Waals surface area contributed by atoms with Crippen molar-refractivity contribution < 1.29 is 39.2 Å². The van der Waals surface area contributed by atoms with E-state index in [0.717, 1.165) is 7.11 Å². The topological polar surface area (TPSA) is 142 Å². The molecule has 2 aliphatic rings. The van der Waals surface area contributed by atoms with Crippen LogP contribution in [0.4, 0.5) is 0 Å². The predicted molar refractivity (Wildman–Crippen MR) is 103 cm³/mol. The highest BCUT2D eigenvalue weighted by Crippen LogP contribution is 2.44. The molecule has 0 radical (unpaired) electrons. The molecule has 1 saturated heterocycles. The molecule has 2 heterocycles. The van der Waals surface area contributed by atoms with Crippen molar-refractivity contribution in [3.8, 4) is 0 Å². The molecule has 9 nitrogen and oxygen atoms in total. The number of Topliss-reactive ketones (excluding diaryl/α,β-unsaturated/α-hetero) is 2. The van der Waals surface area contributed by atoms with Crippen LogP contribution in [0.5, 0.6) is 0 Å². The van der Waals surface area contributed by atoms with E-state index in [-0.39, 0.29) is 23.3 Å². The van der Waals surface area contributed by atoms with E-state index < -0.39 is 47.1 Å². The summed E-state index contributed by atoms with van der Waals surface area (Å²) in [4.78, 5) is 39.1. The Hall–Kier alpha value is -2.59. The van der Waals surface area contributed by atoms with Crippen LogP contribution in [0.15, 0.2) is 41.7 Å². The molecular formula is C21H25NO8. The normalized spacial score (nSPS) is 30.4. The third-order valence-electron chi connectivity index (χ3n) is 5.64. The largest absolute Gasteiger partial charge is 0.467 e. The molecule has 9 heteroatoms. The molecule has 30 heavy (non-hydrogen) atoms. The van der Waals surface area contributed by atoms with Crippen LogP contribution in [0, 0.1) is 0 Å². The average molecular weight is 419 g/mol. The Kier molecular flexibility index (Phi) is 5.83. The quantitative estimate of drug-likeness (QED) is 0.353. The van der Waals surface area contributed by atoms with E-state index in [9.17, 15) is 29.7 Å². The van der Waals surface area contributed by atoms with Crippen molar-refractivity contribution >= 4 is 17.5 Å². The van der Waals surface area contributed by atoms with Crippen molar-refractivity contribution in [3.05, 3.63) is 47.2 Å². The number of hydrogen-bond donors (Lipinski definition) is 4. The van der Waals surface area contributed by atoms with Gasteiger partial charge in [-0.2, -0.15) is 0 Å². The lowest BCUT2D eigenvalue weighted by Gasteiger charge is -2.32. The van der Waals surface area contributed by atoms with E-state index in [2.05, 4.69) is 5.32 Å². The monoisotopic (exact) mass is 419 g/mol. The van der Waals surface area contributed by atoms with Gasteiger partial charge in [0.2, 0.25) is 17.3 Å². The molecule has 1 spiro atoms. The van der Waals surface area contributed by atoms with Crippen LogP contribution in [-0.2, 0) is 19.1 Å². The third-order valence-corrected chi connectivity index (χ3v) is 5.64. The second kappa shape index (κ2) is 7.92. The highest BCUT2D eigenvalue weighted by Gasteiger charge is 2.74. The first-order valence-corrected chi connectivity index (χ1v) is 9.63. The fraction of sp³-hybridized carbons (Fsp3) is 0.476. The number of carbonyl (C=O) groups is 3. The number of ketones is 2. The van der Waals surface area contributed by atoms with Crippen molar-refractivity contribution in [2.45, 2.75) is 56.3 Å². The van der Waals surface area contributed by atoms with E-state index in [0.29, 0.717) is 6.42 Å². The number of ether oxygens (including phenoxy) is 2. The Morgan fingerprint density at radius 1 is 1.27 bits per heavy atom. The molecule has 0 aromatic heterocycles. The molecule has 1 aromatic rings. The average Bonchev–Trinajstić information content (AvgIpc) is 3.15. The smallest absolute Gasteiger partial charge is 0.278 e. The van der Waals surface area contributed by atoms with Gasteiger partial charge in [-0.25, -0.2) is 0 Å². The first kappa shape index (κ1) is 22.1. The van der Waals surface area contributed by atoms with Gasteiger partial charge in [0.25, 0.3) is 11.5 Å². The maximum Gasteiger partial charge on any atom is 0.278 e. The minimum absolute atomic E-state index is 0.120. The number of nitrogens with one attached hydrogen (secondary N) is 1. The highest BCUT2D eigenvalue weighted by molar-refractivity contribution is 6.23. The predicted octanol–water partition coefficient (Wildman–Crippen LogP) is -0.163. The van der Waals surface area contributed by atoms with Gasteiger partial charge in [0.05, 0.1) is 6.10 Å². The Labute approximate surface area is 173 Å². The molecule has 5 atom stereocenters. The lowest BCUT2D eigenvalue weighted by molar-refractivity contribution is -0.163. The fourth-order valence-corrected chi connectivity index (χ4v) is 3.91. The molecule has 1 aromatic carbocycles. The summed E-state index contributed by atoms with van der Waals surface area (Å²) in [5.41, 5.74) is -4.75. The molecule has 162 valence electrons. The van der Waals surface area contributed by atoms with Gasteiger partial charge < -0.3 is 30.1 Å². The maximum absolute atomic E-state index is 13.1. The number of amides is 1. The number of carbonyl (C=O) groups excluding carboxylic acids is 3. The summed E-state index contributed by atoms with van der Waals surface area (Å²) in [5.74, 6) is -3.06. The molecule has 1 fully saturated rings. The van der Waals surface area contributed by atoms with E-state index in [1.54, 1.807) is 25.1 Å².